The van der Waals surface area contributed by atoms with Gasteiger partial charge >= 0.3 is 0 Å². The number of nitrogens with zero attached hydrogens (tertiary/aromatic N) is 6. The Morgan fingerprint density at radius 3 is 2.47 bits per heavy atom. The van der Waals surface area contributed by atoms with Gasteiger partial charge in [0.05, 0.1) is 17.0 Å². The van der Waals surface area contributed by atoms with Crippen molar-refractivity contribution in [2.24, 2.45) is 0 Å². The lowest BCUT2D eigenvalue weighted by Crippen LogP contribution is -2.36. The predicted octanol–water partition coefficient (Wildman–Crippen LogP) is 1.97. The van der Waals surface area contributed by atoms with Crippen molar-refractivity contribution >= 4 is 21.6 Å². The fourth-order valence-electron chi connectivity index (χ4n) is 4.39. The molecule has 2 aliphatic heterocycles. The number of benzene rings is 2. The van der Waals surface area contributed by atoms with Gasteiger partial charge in [-0.15, -0.1) is 5.10 Å². The van der Waals surface area contributed by atoms with Crippen LogP contribution in [0.4, 0.5) is 5.69 Å². The molecule has 0 unspecified atom stereocenters. The summed E-state index contributed by atoms with van der Waals surface area (Å²) < 4.78 is 29.0. The second-order valence-corrected chi connectivity index (χ2v) is 10.1. The Morgan fingerprint density at radius 2 is 1.75 bits per heavy atom. The van der Waals surface area contributed by atoms with Crippen molar-refractivity contribution in [3.63, 3.8) is 0 Å². The van der Waals surface area contributed by atoms with Crippen LogP contribution in [-0.2, 0) is 27.7 Å². The Hall–Kier alpha value is -3.11. The van der Waals surface area contributed by atoms with Crippen LogP contribution < -0.4 is 4.90 Å². The predicted molar refractivity (Wildman–Crippen MR) is 118 cm³/mol. The van der Waals surface area contributed by atoms with E-state index in [1.54, 1.807) is 32.1 Å². The van der Waals surface area contributed by atoms with Gasteiger partial charge in [-0.2, -0.15) is 4.31 Å². The first-order chi connectivity index (χ1) is 15.5. The van der Waals surface area contributed by atoms with Gasteiger partial charge < -0.3 is 4.90 Å². The van der Waals surface area contributed by atoms with Gasteiger partial charge in [-0.25, -0.2) is 13.1 Å². The molecule has 0 aliphatic carbocycles. The summed E-state index contributed by atoms with van der Waals surface area (Å²) in [7, 11) is -3.47. The van der Waals surface area contributed by atoms with Crippen molar-refractivity contribution in [3.05, 3.63) is 59.9 Å². The molecule has 2 aliphatic rings. The Balaban J connectivity index is 1.34. The minimum Gasteiger partial charge on any atom is -0.312 e. The van der Waals surface area contributed by atoms with E-state index in [4.69, 9.17) is 0 Å². The van der Waals surface area contributed by atoms with E-state index in [-0.39, 0.29) is 12.3 Å². The Kier molecular flexibility index (Phi) is 5.48. The molecular formula is C22H24N6O3S. The molecule has 1 amide bonds. The smallest absolute Gasteiger partial charge is 0.243 e. The molecule has 10 heteroatoms. The van der Waals surface area contributed by atoms with Crippen LogP contribution in [0, 0.1) is 0 Å². The van der Waals surface area contributed by atoms with Crippen LogP contribution >= 0.6 is 0 Å². The SMILES string of the molecule is O=C(Cc1ccc(-n2cnnn2)cc1)N1CCCc2cc(S(=O)(=O)N3CCCC3)ccc21. The number of hydrogen-bond donors (Lipinski definition) is 0. The average Bonchev–Trinajstić information content (AvgIpc) is 3.53. The number of aryl methyl sites for hydroxylation is 1. The molecule has 0 spiro atoms. The maximum absolute atomic E-state index is 13.1. The number of hydrogen-bond acceptors (Lipinski definition) is 6. The monoisotopic (exact) mass is 452 g/mol. The van der Waals surface area contributed by atoms with E-state index in [1.165, 1.54) is 6.33 Å². The first-order valence-corrected chi connectivity index (χ1v) is 12.2. The van der Waals surface area contributed by atoms with Gasteiger partial charge in [-0.05, 0) is 77.6 Å². The number of carbonyl (C=O) groups excluding carboxylic acids is 1. The second-order valence-electron chi connectivity index (χ2n) is 8.15. The van der Waals surface area contributed by atoms with Gasteiger partial charge in [-0.1, -0.05) is 12.1 Å². The molecule has 0 radical (unpaired) electrons. The number of carbonyl (C=O) groups is 1. The molecule has 1 aromatic heterocycles. The Bertz CT molecular complexity index is 1220. The van der Waals surface area contributed by atoms with Crippen LogP contribution in [0.2, 0.25) is 0 Å². The van der Waals surface area contributed by atoms with E-state index in [9.17, 15) is 13.2 Å². The average molecular weight is 453 g/mol. The number of amides is 1. The van der Waals surface area contributed by atoms with Crippen molar-refractivity contribution in [3.8, 4) is 5.69 Å². The number of sulfonamides is 1. The molecule has 3 heterocycles. The van der Waals surface area contributed by atoms with E-state index in [2.05, 4.69) is 15.5 Å². The lowest BCUT2D eigenvalue weighted by Gasteiger charge is -2.30. The molecule has 9 nitrogen and oxygen atoms in total. The molecule has 0 atom stereocenters. The summed E-state index contributed by atoms with van der Waals surface area (Å²) in [4.78, 5) is 15.2. The lowest BCUT2D eigenvalue weighted by molar-refractivity contribution is -0.118. The number of aromatic nitrogens is 4. The number of rotatable bonds is 5. The van der Waals surface area contributed by atoms with Crippen molar-refractivity contribution in [2.75, 3.05) is 24.5 Å². The van der Waals surface area contributed by atoms with E-state index >= 15 is 0 Å². The maximum atomic E-state index is 13.1. The lowest BCUT2D eigenvalue weighted by atomic mass is 10.0. The van der Waals surface area contributed by atoms with Gasteiger partial charge in [0.15, 0.2) is 0 Å². The number of tetrazole rings is 1. The van der Waals surface area contributed by atoms with Crippen molar-refractivity contribution in [2.45, 2.75) is 37.0 Å². The van der Waals surface area contributed by atoms with E-state index < -0.39 is 10.0 Å². The minimum atomic E-state index is -3.47. The quantitative estimate of drug-likeness (QED) is 0.587. The van der Waals surface area contributed by atoms with Crippen LogP contribution in [0.3, 0.4) is 0 Å². The zero-order chi connectivity index (χ0) is 22.1. The summed E-state index contributed by atoms with van der Waals surface area (Å²) in [5.41, 5.74) is 3.44. The summed E-state index contributed by atoms with van der Waals surface area (Å²) in [6.07, 6.45) is 5.17. The summed E-state index contributed by atoms with van der Waals surface area (Å²) in [6, 6.07) is 12.7. The largest absolute Gasteiger partial charge is 0.312 e. The fourth-order valence-corrected chi connectivity index (χ4v) is 5.95. The van der Waals surface area contributed by atoms with Crippen LogP contribution in [0.25, 0.3) is 5.69 Å². The highest BCUT2D eigenvalue weighted by Gasteiger charge is 2.29. The maximum Gasteiger partial charge on any atom is 0.243 e. The number of anilines is 1. The fraction of sp³-hybridized carbons (Fsp3) is 0.364. The highest BCUT2D eigenvalue weighted by Crippen LogP contribution is 2.31. The molecular weight excluding hydrogens is 428 g/mol. The van der Waals surface area contributed by atoms with Crippen LogP contribution in [-0.4, -0.2) is 58.5 Å². The Morgan fingerprint density at radius 1 is 0.969 bits per heavy atom. The molecule has 0 saturated carbocycles. The van der Waals surface area contributed by atoms with Gasteiger partial charge in [0.25, 0.3) is 0 Å². The third-order valence-electron chi connectivity index (χ3n) is 6.08. The van der Waals surface area contributed by atoms with Crippen molar-refractivity contribution in [1.29, 1.82) is 0 Å². The zero-order valence-corrected chi connectivity index (χ0v) is 18.4. The van der Waals surface area contributed by atoms with Crippen LogP contribution in [0.5, 0.6) is 0 Å². The zero-order valence-electron chi connectivity index (χ0n) is 17.6. The number of fused-ring (bicyclic) bond motifs is 1. The van der Waals surface area contributed by atoms with Gasteiger partial charge in [-0.3, -0.25) is 4.79 Å². The summed E-state index contributed by atoms with van der Waals surface area (Å²) in [6.45, 7) is 1.79. The Labute approximate surface area is 186 Å². The van der Waals surface area contributed by atoms with Gasteiger partial charge in [0.1, 0.15) is 6.33 Å². The third kappa shape index (κ3) is 3.91. The standard InChI is InChI=1S/C22H24N6O3S/c29-22(14-17-5-7-19(8-6-17)28-16-23-24-25-28)27-13-3-4-18-15-20(9-10-21(18)27)32(30,31)26-11-1-2-12-26/h5-10,15-16H,1-4,11-14H2. The first-order valence-electron chi connectivity index (χ1n) is 10.8. The molecule has 166 valence electrons. The summed E-state index contributed by atoms with van der Waals surface area (Å²) in [5, 5.41) is 11.1. The van der Waals surface area contributed by atoms with E-state index in [1.807, 2.05) is 24.3 Å². The molecule has 5 rings (SSSR count). The van der Waals surface area contributed by atoms with Crippen LogP contribution in [0.1, 0.15) is 30.4 Å². The van der Waals surface area contributed by atoms with Crippen molar-refractivity contribution in [1.82, 2.24) is 24.5 Å². The highest BCUT2D eigenvalue weighted by atomic mass is 32.2. The summed E-state index contributed by atoms with van der Waals surface area (Å²) >= 11 is 0. The topological polar surface area (TPSA) is 101 Å². The minimum absolute atomic E-state index is 0.00345. The molecule has 3 aromatic rings. The first kappa shape index (κ1) is 20.8. The molecule has 1 saturated heterocycles. The summed E-state index contributed by atoms with van der Waals surface area (Å²) in [5.74, 6) is -0.00345. The van der Waals surface area contributed by atoms with Crippen molar-refractivity contribution < 1.29 is 13.2 Å². The van der Waals surface area contributed by atoms with E-state index in [0.29, 0.717) is 24.5 Å². The molecule has 1 fully saturated rings. The molecule has 0 bridgehead atoms. The highest BCUT2D eigenvalue weighted by molar-refractivity contribution is 7.89. The second kappa shape index (κ2) is 8.44. The third-order valence-corrected chi connectivity index (χ3v) is 7.97. The molecule has 32 heavy (non-hydrogen) atoms. The molecule has 2 aromatic carbocycles. The van der Waals surface area contributed by atoms with E-state index in [0.717, 1.165) is 48.2 Å². The molecule has 0 N–H and O–H groups in total. The van der Waals surface area contributed by atoms with Gasteiger partial charge in [0, 0.05) is 25.3 Å². The van der Waals surface area contributed by atoms with Gasteiger partial charge in [0.2, 0.25) is 15.9 Å². The normalized spacial score (nSPS) is 16.8. The van der Waals surface area contributed by atoms with Crippen LogP contribution in [0.15, 0.2) is 53.7 Å².